The lowest BCUT2D eigenvalue weighted by Gasteiger charge is -2.32. The summed E-state index contributed by atoms with van der Waals surface area (Å²) in [6, 6.07) is 9.04. The summed E-state index contributed by atoms with van der Waals surface area (Å²) in [5, 5.41) is 10.4. The van der Waals surface area contributed by atoms with Gasteiger partial charge in [-0.2, -0.15) is 0 Å². The zero-order valence-electron chi connectivity index (χ0n) is 17.3. The number of nitrogens with one attached hydrogen (secondary N) is 3. The van der Waals surface area contributed by atoms with E-state index in [4.69, 9.17) is 4.74 Å². The van der Waals surface area contributed by atoms with Crippen LogP contribution in [0.3, 0.4) is 0 Å². The number of rotatable bonds is 8. The highest BCUT2D eigenvalue weighted by atomic mass is 127. The second kappa shape index (κ2) is 13.2. The van der Waals surface area contributed by atoms with Crippen molar-refractivity contribution in [3.05, 3.63) is 29.8 Å². The van der Waals surface area contributed by atoms with Crippen LogP contribution in [0.15, 0.2) is 29.3 Å². The second-order valence-electron chi connectivity index (χ2n) is 7.54. The van der Waals surface area contributed by atoms with Crippen LogP contribution in [-0.2, 0) is 11.3 Å². The lowest BCUT2D eigenvalue weighted by Crippen LogP contribution is -2.44. The van der Waals surface area contributed by atoms with Gasteiger partial charge < -0.3 is 20.7 Å². The number of halogens is 1. The molecule has 1 aromatic rings. The Balaban J connectivity index is 0.00000364. The largest absolute Gasteiger partial charge is 0.383 e. The Hall–Kier alpha value is -1.02. The van der Waals surface area contributed by atoms with Gasteiger partial charge in [-0.15, -0.1) is 24.0 Å². The standard InChI is InChI=1S/C21H36N4O.HI/c1-16(2)18-7-11-20(12-8-18)25-21(22-3)24-15-17-5-9-19(10-6-17)23-13-14-26-4;/h5-6,9-10,16,18,20,23H,7-8,11-15H2,1-4H3,(H2,22,24,25);1H. The number of hydrogen-bond acceptors (Lipinski definition) is 3. The van der Waals surface area contributed by atoms with Gasteiger partial charge in [0.05, 0.1) is 6.61 Å². The Morgan fingerprint density at radius 1 is 1.15 bits per heavy atom. The number of anilines is 1. The van der Waals surface area contributed by atoms with Crippen LogP contribution in [0.1, 0.15) is 45.1 Å². The van der Waals surface area contributed by atoms with E-state index in [1.54, 1.807) is 7.11 Å². The van der Waals surface area contributed by atoms with Gasteiger partial charge in [0.1, 0.15) is 0 Å². The first-order valence-electron chi connectivity index (χ1n) is 9.91. The third-order valence-corrected chi connectivity index (χ3v) is 5.33. The van der Waals surface area contributed by atoms with E-state index in [1.165, 1.54) is 31.2 Å². The van der Waals surface area contributed by atoms with E-state index in [1.807, 2.05) is 7.05 Å². The summed E-state index contributed by atoms with van der Waals surface area (Å²) in [5.74, 6) is 2.60. The van der Waals surface area contributed by atoms with Gasteiger partial charge in [0.2, 0.25) is 0 Å². The first kappa shape index (κ1) is 24.0. The Morgan fingerprint density at radius 3 is 2.37 bits per heavy atom. The van der Waals surface area contributed by atoms with Crippen molar-refractivity contribution in [2.24, 2.45) is 16.8 Å². The molecule has 1 aliphatic rings. The molecule has 0 radical (unpaired) electrons. The molecule has 1 saturated carbocycles. The van der Waals surface area contributed by atoms with E-state index in [-0.39, 0.29) is 24.0 Å². The van der Waals surface area contributed by atoms with Gasteiger partial charge in [0, 0.05) is 39.0 Å². The fourth-order valence-corrected chi connectivity index (χ4v) is 3.54. The fourth-order valence-electron chi connectivity index (χ4n) is 3.54. The number of methoxy groups -OCH3 is 1. The van der Waals surface area contributed by atoms with Crippen molar-refractivity contribution in [3.8, 4) is 0 Å². The van der Waals surface area contributed by atoms with Crippen molar-refractivity contribution in [1.29, 1.82) is 0 Å². The van der Waals surface area contributed by atoms with Crippen LogP contribution in [0.5, 0.6) is 0 Å². The average Bonchev–Trinajstić information content (AvgIpc) is 2.66. The molecule has 0 aromatic heterocycles. The van der Waals surface area contributed by atoms with Gasteiger partial charge in [-0.05, 0) is 55.2 Å². The third kappa shape index (κ3) is 8.68. The highest BCUT2D eigenvalue weighted by Gasteiger charge is 2.23. The lowest BCUT2D eigenvalue weighted by molar-refractivity contribution is 0.211. The van der Waals surface area contributed by atoms with E-state index in [2.05, 4.69) is 59.1 Å². The Morgan fingerprint density at radius 2 is 1.81 bits per heavy atom. The molecule has 0 heterocycles. The number of benzene rings is 1. The molecular weight excluding hydrogens is 451 g/mol. The monoisotopic (exact) mass is 488 g/mol. The molecule has 0 amide bonds. The van der Waals surface area contributed by atoms with Crippen LogP contribution in [0, 0.1) is 11.8 Å². The zero-order chi connectivity index (χ0) is 18.8. The predicted octanol–water partition coefficient (Wildman–Crippen LogP) is 4.24. The smallest absolute Gasteiger partial charge is 0.191 e. The molecule has 0 spiro atoms. The predicted molar refractivity (Wildman–Crippen MR) is 126 cm³/mol. The van der Waals surface area contributed by atoms with Crippen molar-refractivity contribution in [3.63, 3.8) is 0 Å². The number of guanidine groups is 1. The number of aliphatic imine (C=N–C) groups is 1. The van der Waals surface area contributed by atoms with Gasteiger partial charge in [0.25, 0.3) is 0 Å². The van der Waals surface area contributed by atoms with E-state index in [0.29, 0.717) is 12.6 Å². The molecule has 0 unspecified atom stereocenters. The van der Waals surface area contributed by atoms with E-state index < -0.39 is 0 Å². The van der Waals surface area contributed by atoms with E-state index in [9.17, 15) is 0 Å². The molecule has 0 atom stereocenters. The summed E-state index contributed by atoms with van der Waals surface area (Å²) in [6.07, 6.45) is 5.13. The molecule has 27 heavy (non-hydrogen) atoms. The quantitative estimate of drug-likeness (QED) is 0.222. The highest BCUT2D eigenvalue weighted by molar-refractivity contribution is 14.0. The van der Waals surface area contributed by atoms with Crippen molar-refractivity contribution < 1.29 is 4.74 Å². The summed E-state index contributed by atoms with van der Waals surface area (Å²) >= 11 is 0. The van der Waals surface area contributed by atoms with Crippen LogP contribution in [0.4, 0.5) is 5.69 Å². The first-order valence-corrected chi connectivity index (χ1v) is 9.91. The van der Waals surface area contributed by atoms with Crippen molar-refractivity contribution in [2.75, 3.05) is 32.6 Å². The molecule has 1 aromatic carbocycles. The van der Waals surface area contributed by atoms with Crippen molar-refractivity contribution >= 4 is 35.6 Å². The zero-order valence-corrected chi connectivity index (χ0v) is 19.6. The minimum absolute atomic E-state index is 0. The van der Waals surface area contributed by atoms with Crippen LogP contribution in [0.25, 0.3) is 0 Å². The fraction of sp³-hybridized carbons (Fsp3) is 0.667. The molecular formula is C21H37IN4O. The molecule has 0 bridgehead atoms. The van der Waals surface area contributed by atoms with Crippen molar-refractivity contribution in [2.45, 2.75) is 52.1 Å². The first-order chi connectivity index (χ1) is 12.6. The minimum atomic E-state index is 0. The average molecular weight is 488 g/mol. The molecule has 0 aliphatic heterocycles. The number of hydrogen-bond donors (Lipinski definition) is 3. The maximum absolute atomic E-state index is 5.05. The summed E-state index contributed by atoms with van der Waals surface area (Å²) in [4.78, 5) is 4.39. The van der Waals surface area contributed by atoms with Gasteiger partial charge in [-0.25, -0.2) is 0 Å². The summed E-state index contributed by atoms with van der Waals surface area (Å²) in [6.45, 7) is 7.00. The lowest BCUT2D eigenvalue weighted by atomic mass is 9.80. The van der Waals surface area contributed by atoms with Gasteiger partial charge >= 0.3 is 0 Å². The van der Waals surface area contributed by atoms with Crippen LogP contribution < -0.4 is 16.0 Å². The highest BCUT2D eigenvalue weighted by Crippen LogP contribution is 2.29. The number of nitrogens with zero attached hydrogens (tertiary/aromatic N) is 1. The minimum Gasteiger partial charge on any atom is -0.383 e. The maximum Gasteiger partial charge on any atom is 0.191 e. The number of ether oxygens (including phenoxy) is 1. The SMILES string of the molecule is CN=C(NCc1ccc(NCCOC)cc1)NC1CCC(C(C)C)CC1.I. The van der Waals surface area contributed by atoms with E-state index >= 15 is 0 Å². The van der Waals surface area contributed by atoms with Crippen LogP contribution in [-0.4, -0.2) is 39.3 Å². The Kier molecular flexibility index (Phi) is 11.7. The summed E-state index contributed by atoms with van der Waals surface area (Å²) < 4.78 is 5.05. The third-order valence-electron chi connectivity index (χ3n) is 5.33. The molecule has 2 rings (SSSR count). The van der Waals surface area contributed by atoms with E-state index in [0.717, 1.165) is 36.6 Å². The molecule has 1 fully saturated rings. The normalized spacial score (nSPS) is 20.1. The maximum atomic E-state index is 5.05. The summed E-state index contributed by atoms with van der Waals surface area (Å²) in [7, 11) is 3.56. The molecule has 1 aliphatic carbocycles. The van der Waals surface area contributed by atoms with Gasteiger partial charge in [-0.1, -0.05) is 26.0 Å². The summed E-state index contributed by atoms with van der Waals surface area (Å²) in [5.41, 5.74) is 2.36. The van der Waals surface area contributed by atoms with Gasteiger partial charge in [0.15, 0.2) is 5.96 Å². The molecule has 3 N–H and O–H groups in total. The Labute approximate surface area is 182 Å². The molecule has 5 nitrogen and oxygen atoms in total. The van der Waals surface area contributed by atoms with Crippen molar-refractivity contribution in [1.82, 2.24) is 10.6 Å². The molecule has 154 valence electrons. The van der Waals surface area contributed by atoms with Crippen LogP contribution >= 0.6 is 24.0 Å². The molecule has 6 heteroatoms. The topological polar surface area (TPSA) is 57.7 Å². The Bertz CT molecular complexity index is 540. The molecule has 0 saturated heterocycles. The van der Waals surface area contributed by atoms with Crippen LogP contribution in [0.2, 0.25) is 0 Å². The van der Waals surface area contributed by atoms with Gasteiger partial charge in [-0.3, -0.25) is 4.99 Å². The second-order valence-corrected chi connectivity index (χ2v) is 7.54.